The fraction of sp³-hybridized carbons (Fsp3) is 0.625. The van der Waals surface area contributed by atoms with Crippen LogP contribution in [0.15, 0.2) is 24.3 Å². The molecule has 1 aliphatic rings. The minimum absolute atomic E-state index is 0.578. The van der Waals surface area contributed by atoms with Crippen molar-refractivity contribution in [3.8, 4) is 0 Å². The Morgan fingerprint density at radius 1 is 1.11 bits per heavy atom. The summed E-state index contributed by atoms with van der Waals surface area (Å²) in [5.41, 5.74) is 0.441. The molecule has 2 nitrogen and oxygen atoms in total. The van der Waals surface area contributed by atoms with Gasteiger partial charge in [0.15, 0.2) is 0 Å². The van der Waals surface area contributed by atoms with Gasteiger partial charge in [-0.3, -0.25) is 0 Å². The van der Waals surface area contributed by atoms with Crippen LogP contribution in [0.4, 0.5) is 0 Å². The molecule has 0 saturated carbocycles. The summed E-state index contributed by atoms with van der Waals surface area (Å²) >= 11 is 0. The molecule has 3 heteroatoms. The molecule has 19 heavy (non-hydrogen) atoms. The van der Waals surface area contributed by atoms with Crippen molar-refractivity contribution in [2.45, 2.75) is 52.2 Å². The molecule has 0 bridgehead atoms. The maximum absolute atomic E-state index is 10.7. The monoisotopic (exact) mass is 281 g/mol. The van der Waals surface area contributed by atoms with Gasteiger partial charge in [0.25, 0.3) is 0 Å². The Labute approximate surface area is 120 Å². The number of benzene rings is 1. The van der Waals surface area contributed by atoms with Crippen molar-refractivity contribution >= 4 is 14.5 Å². The Bertz CT molecular complexity index is 367. The van der Waals surface area contributed by atoms with E-state index in [2.05, 4.69) is 28.0 Å². The van der Waals surface area contributed by atoms with E-state index in [9.17, 15) is 5.11 Å². The number of piperidine rings is 1. The number of rotatable bonds is 2. The quantitative estimate of drug-likeness (QED) is 0.843. The molecule has 108 valence electrons. The third kappa shape index (κ3) is 4.27. The molecule has 1 aliphatic heterocycles. The van der Waals surface area contributed by atoms with E-state index in [0.29, 0.717) is 6.04 Å². The lowest BCUT2D eigenvalue weighted by Gasteiger charge is -2.40. The molecule has 0 spiro atoms. The van der Waals surface area contributed by atoms with Crippen molar-refractivity contribution < 1.29 is 5.11 Å². The summed E-state index contributed by atoms with van der Waals surface area (Å²) < 4.78 is 0. The van der Waals surface area contributed by atoms with Crippen LogP contribution in [-0.4, -0.2) is 29.1 Å². The second-order valence-corrected chi connectivity index (χ2v) is 5.95. The van der Waals surface area contributed by atoms with Crippen LogP contribution in [0.5, 0.6) is 0 Å². The van der Waals surface area contributed by atoms with Crippen LogP contribution in [0.1, 0.15) is 46.1 Å². The first-order valence-electron chi connectivity index (χ1n) is 7.34. The molecule has 1 aromatic carbocycles. The van der Waals surface area contributed by atoms with Crippen molar-refractivity contribution in [2.75, 3.05) is 13.1 Å². The number of hydrogen-bond acceptors (Lipinski definition) is 2. The highest BCUT2D eigenvalue weighted by molar-refractivity contribution is 7.27. The number of hydrogen-bond donors (Lipinski definition) is 1. The first-order chi connectivity index (χ1) is 9.01. The lowest BCUT2D eigenvalue weighted by Crippen LogP contribution is -2.45. The van der Waals surface area contributed by atoms with Gasteiger partial charge in [-0.2, -0.15) is 0 Å². The summed E-state index contributed by atoms with van der Waals surface area (Å²) in [6.45, 7) is 10.4. The van der Waals surface area contributed by atoms with Crippen molar-refractivity contribution in [3.05, 3.63) is 29.8 Å². The van der Waals surface area contributed by atoms with Gasteiger partial charge in [0, 0.05) is 19.1 Å². The van der Waals surface area contributed by atoms with E-state index in [1.165, 1.54) is 0 Å². The lowest BCUT2D eigenvalue weighted by molar-refractivity contribution is -0.0323. The summed E-state index contributed by atoms with van der Waals surface area (Å²) in [6.07, 6.45) is 1.67. The van der Waals surface area contributed by atoms with E-state index >= 15 is 0 Å². The smallest absolute Gasteiger partial charge is 0.0920 e. The maximum Gasteiger partial charge on any atom is 0.0920 e. The summed E-state index contributed by atoms with van der Waals surface area (Å²) in [6, 6.07) is 8.77. The highest BCUT2D eigenvalue weighted by atomic mass is 31.0. The molecule has 2 rings (SSSR count). The summed E-state index contributed by atoms with van der Waals surface area (Å²) in [5.74, 6) is 0. The summed E-state index contributed by atoms with van der Waals surface area (Å²) in [5, 5.41) is 11.9. The average Bonchev–Trinajstić information content (AvgIpc) is 2.42. The van der Waals surface area contributed by atoms with Gasteiger partial charge in [-0.15, -0.1) is 9.24 Å². The second kappa shape index (κ2) is 7.38. The van der Waals surface area contributed by atoms with Crippen LogP contribution in [0, 0.1) is 0 Å². The first kappa shape index (κ1) is 16.6. The van der Waals surface area contributed by atoms with Crippen molar-refractivity contribution in [1.82, 2.24) is 4.90 Å². The van der Waals surface area contributed by atoms with Gasteiger partial charge in [-0.25, -0.2) is 0 Å². The Morgan fingerprint density at radius 2 is 1.58 bits per heavy atom. The molecule has 1 heterocycles. The third-order valence-electron chi connectivity index (χ3n) is 3.80. The van der Waals surface area contributed by atoms with E-state index in [1.807, 2.05) is 38.1 Å². The Balaban J connectivity index is 0.000000861. The molecule has 1 N–H and O–H groups in total. The average molecular weight is 281 g/mol. The van der Waals surface area contributed by atoms with E-state index in [-0.39, 0.29) is 0 Å². The van der Waals surface area contributed by atoms with Crippen molar-refractivity contribution in [1.29, 1.82) is 0 Å². The van der Waals surface area contributed by atoms with E-state index < -0.39 is 5.60 Å². The summed E-state index contributed by atoms with van der Waals surface area (Å²) in [7, 11) is 2.68. The number of aliphatic hydroxyl groups is 1. The molecule has 1 aromatic rings. The standard InChI is InChI=1S/C14H22NOP.C2H6/c1-11(2)15-9-7-14(16,8-10-15)12-3-5-13(17)6-4-12;1-2/h3-6,11,16H,7-10,17H2,1-2H3;1-2H3. The van der Waals surface area contributed by atoms with Gasteiger partial charge in [0.05, 0.1) is 5.60 Å². The largest absolute Gasteiger partial charge is 0.385 e. The Hall–Kier alpha value is -0.430. The van der Waals surface area contributed by atoms with E-state index in [1.54, 1.807) is 0 Å². The third-order valence-corrected chi connectivity index (χ3v) is 4.19. The highest BCUT2D eigenvalue weighted by Gasteiger charge is 2.34. The zero-order valence-electron chi connectivity index (χ0n) is 12.7. The zero-order valence-corrected chi connectivity index (χ0v) is 13.8. The summed E-state index contributed by atoms with van der Waals surface area (Å²) in [4.78, 5) is 2.43. The minimum Gasteiger partial charge on any atom is -0.385 e. The minimum atomic E-state index is -0.621. The first-order valence-corrected chi connectivity index (χ1v) is 7.91. The molecular weight excluding hydrogens is 253 g/mol. The van der Waals surface area contributed by atoms with Gasteiger partial charge < -0.3 is 10.0 Å². The normalized spacial score (nSPS) is 18.9. The van der Waals surface area contributed by atoms with Crippen LogP contribution < -0.4 is 5.30 Å². The van der Waals surface area contributed by atoms with E-state index in [0.717, 1.165) is 36.8 Å². The second-order valence-electron chi connectivity index (χ2n) is 5.28. The number of nitrogens with zero attached hydrogens (tertiary/aromatic N) is 1. The predicted octanol–water partition coefficient (Wildman–Crippen LogP) is 2.91. The Morgan fingerprint density at radius 3 is 2.00 bits per heavy atom. The topological polar surface area (TPSA) is 23.5 Å². The van der Waals surface area contributed by atoms with E-state index in [4.69, 9.17) is 0 Å². The fourth-order valence-corrected chi connectivity index (χ4v) is 2.68. The van der Waals surface area contributed by atoms with Gasteiger partial charge in [0.2, 0.25) is 0 Å². The lowest BCUT2D eigenvalue weighted by atomic mass is 9.84. The molecule has 1 fully saturated rings. The molecule has 1 saturated heterocycles. The Kier molecular flexibility index (Phi) is 6.46. The molecule has 1 atom stereocenters. The molecule has 0 aliphatic carbocycles. The zero-order chi connectivity index (χ0) is 14.5. The van der Waals surface area contributed by atoms with Crippen LogP contribution in [0.3, 0.4) is 0 Å². The van der Waals surface area contributed by atoms with Crippen LogP contribution >= 0.6 is 9.24 Å². The molecule has 0 radical (unpaired) electrons. The number of likely N-dealkylation sites (tertiary alicyclic amines) is 1. The maximum atomic E-state index is 10.7. The van der Waals surface area contributed by atoms with Crippen molar-refractivity contribution in [3.63, 3.8) is 0 Å². The molecule has 1 unspecified atom stereocenters. The van der Waals surface area contributed by atoms with Gasteiger partial charge >= 0.3 is 0 Å². The highest BCUT2D eigenvalue weighted by Crippen LogP contribution is 2.32. The fourth-order valence-electron chi connectivity index (χ4n) is 2.49. The van der Waals surface area contributed by atoms with Gasteiger partial charge in [-0.1, -0.05) is 38.1 Å². The molecule has 0 aromatic heterocycles. The van der Waals surface area contributed by atoms with Gasteiger partial charge in [-0.05, 0) is 37.6 Å². The van der Waals surface area contributed by atoms with Crippen LogP contribution in [-0.2, 0) is 5.60 Å². The SMILES string of the molecule is CC.CC(C)N1CCC(O)(c2ccc(P)cc2)CC1. The molecule has 0 amide bonds. The van der Waals surface area contributed by atoms with Crippen LogP contribution in [0.25, 0.3) is 0 Å². The van der Waals surface area contributed by atoms with Gasteiger partial charge in [0.1, 0.15) is 0 Å². The van der Waals surface area contributed by atoms with Crippen molar-refractivity contribution in [2.24, 2.45) is 0 Å². The predicted molar refractivity (Wildman–Crippen MR) is 87.0 cm³/mol. The van der Waals surface area contributed by atoms with Crippen LogP contribution in [0.2, 0.25) is 0 Å². The molecular formula is C16H28NOP.